The van der Waals surface area contributed by atoms with Crippen LogP contribution in [0.5, 0.6) is 5.75 Å². The van der Waals surface area contributed by atoms with Gasteiger partial charge >= 0.3 is 0 Å². The normalized spacial score (nSPS) is 30.1. The molecule has 114 valence electrons. The van der Waals surface area contributed by atoms with Gasteiger partial charge in [-0.2, -0.15) is 0 Å². The molecule has 0 aromatic heterocycles. The van der Waals surface area contributed by atoms with Gasteiger partial charge in [0.05, 0.1) is 0 Å². The van der Waals surface area contributed by atoms with Crippen LogP contribution < -0.4 is 0 Å². The zero-order valence-electron chi connectivity index (χ0n) is 14.0. The first-order chi connectivity index (χ1) is 9.75. The summed E-state index contributed by atoms with van der Waals surface area (Å²) in [5.41, 5.74) is 4.24. The Balaban J connectivity index is 2.16. The fraction of sp³-hybridized carbons (Fsp3) is 0.600. The number of hydrogen-bond donors (Lipinski definition) is 1. The predicted octanol–water partition coefficient (Wildman–Crippen LogP) is 5.63. The van der Waals surface area contributed by atoms with Crippen LogP contribution in [0, 0.1) is 11.3 Å². The van der Waals surface area contributed by atoms with Gasteiger partial charge in [0.15, 0.2) is 0 Å². The highest BCUT2D eigenvalue weighted by Crippen LogP contribution is 2.56. The molecule has 2 aliphatic rings. The second-order valence-electron chi connectivity index (χ2n) is 8.25. The van der Waals surface area contributed by atoms with Crippen molar-refractivity contribution in [2.24, 2.45) is 11.3 Å². The predicted molar refractivity (Wildman–Crippen MR) is 89.7 cm³/mol. The van der Waals surface area contributed by atoms with Crippen molar-refractivity contribution in [1.82, 2.24) is 0 Å². The molecule has 1 fully saturated rings. The summed E-state index contributed by atoms with van der Waals surface area (Å²) in [6.45, 7) is 11.5. The summed E-state index contributed by atoms with van der Waals surface area (Å²) in [7, 11) is 0. The van der Waals surface area contributed by atoms with Gasteiger partial charge in [-0.25, -0.2) is 0 Å². The smallest absolute Gasteiger partial charge is 0.119 e. The topological polar surface area (TPSA) is 20.2 Å². The fourth-order valence-corrected chi connectivity index (χ4v) is 4.78. The Morgan fingerprint density at radius 2 is 1.86 bits per heavy atom. The average molecular weight is 284 g/mol. The fourth-order valence-electron chi connectivity index (χ4n) is 4.78. The number of hydrogen-bond acceptors (Lipinski definition) is 1. The van der Waals surface area contributed by atoms with Crippen molar-refractivity contribution in [3.8, 4) is 5.75 Å². The number of phenolic OH excluding ortho intramolecular Hbond substituents is 1. The highest BCUT2D eigenvalue weighted by Gasteiger charge is 2.48. The molecule has 0 saturated heterocycles. The van der Waals surface area contributed by atoms with E-state index in [0.717, 1.165) is 5.56 Å². The second kappa shape index (κ2) is 4.63. The van der Waals surface area contributed by atoms with Gasteiger partial charge in [0.1, 0.15) is 5.75 Å². The molecule has 1 aromatic carbocycles. The Morgan fingerprint density at radius 3 is 2.52 bits per heavy atom. The van der Waals surface area contributed by atoms with Gasteiger partial charge in [0.25, 0.3) is 0 Å². The zero-order valence-corrected chi connectivity index (χ0v) is 14.0. The highest BCUT2D eigenvalue weighted by molar-refractivity contribution is 5.64. The lowest BCUT2D eigenvalue weighted by Crippen LogP contribution is -2.45. The monoisotopic (exact) mass is 284 g/mol. The Hall–Kier alpha value is -1.24. The minimum atomic E-state index is 0.165. The Labute approximate surface area is 129 Å². The molecule has 3 rings (SSSR count). The summed E-state index contributed by atoms with van der Waals surface area (Å²) in [6.07, 6.45) is 8.52. The van der Waals surface area contributed by atoms with Crippen LogP contribution in [0.2, 0.25) is 0 Å². The van der Waals surface area contributed by atoms with Crippen molar-refractivity contribution in [2.45, 2.75) is 65.2 Å². The number of allylic oxidation sites excluding steroid dienone is 1. The van der Waals surface area contributed by atoms with Gasteiger partial charge < -0.3 is 5.11 Å². The molecule has 0 amide bonds. The summed E-state index contributed by atoms with van der Waals surface area (Å²) in [5.74, 6) is 1.40. The van der Waals surface area contributed by atoms with Crippen molar-refractivity contribution in [2.75, 3.05) is 0 Å². The van der Waals surface area contributed by atoms with Crippen molar-refractivity contribution in [1.29, 1.82) is 0 Å². The number of fused-ring (bicyclic) bond motifs is 3. The van der Waals surface area contributed by atoms with Gasteiger partial charge in [-0.1, -0.05) is 53.2 Å². The van der Waals surface area contributed by atoms with E-state index in [1.807, 2.05) is 0 Å². The average Bonchev–Trinajstić information content (AvgIpc) is 2.37. The molecule has 0 radical (unpaired) electrons. The molecule has 1 nitrogen and oxygen atoms in total. The third kappa shape index (κ3) is 2.13. The van der Waals surface area contributed by atoms with Crippen LogP contribution in [-0.4, -0.2) is 5.11 Å². The molecule has 2 atom stereocenters. The molecular weight excluding hydrogens is 256 g/mol. The third-order valence-electron chi connectivity index (χ3n) is 5.95. The van der Waals surface area contributed by atoms with Gasteiger partial charge in [0, 0.05) is 0 Å². The molecule has 0 unspecified atom stereocenters. The molecule has 1 heteroatoms. The van der Waals surface area contributed by atoms with Crippen LogP contribution in [0.3, 0.4) is 0 Å². The van der Waals surface area contributed by atoms with Gasteiger partial charge in [-0.3, -0.25) is 0 Å². The minimum absolute atomic E-state index is 0.165. The van der Waals surface area contributed by atoms with E-state index in [1.165, 1.54) is 30.4 Å². The Kier molecular flexibility index (Phi) is 3.24. The maximum Gasteiger partial charge on any atom is 0.119 e. The van der Waals surface area contributed by atoms with Crippen molar-refractivity contribution in [3.63, 3.8) is 0 Å². The van der Waals surface area contributed by atoms with Crippen molar-refractivity contribution < 1.29 is 5.11 Å². The summed E-state index contributed by atoms with van der Waals surface area (Å²) < 4.78 is 0. The summed E-state index contributed by atoms with van der Waals surface area (Å²) in [6, 6.07) is 4.26. The van der Waals surface area contributed by atoms with E-state index < -0.39 is 0 Å². The van der Waals surface area contributed by atoms with Crippen LogP contribution in [0.15, 0.2) is 18.2 Å². The van der Waals surface area contributed by atoms with Crippen LogP contribution in [0.1, 0.15) is 76.5 Å². The molecule has 1 saturated carbocycles. The molecule has 0 spiro atoms. The number of aromatic hydroxyl groups is 1. The van der Waals surface area contributed by atoms with Crippen molar-refractivity contribution >= 4 is 6.08 Å². The Morgan fingerprint density at radius 1 is 1.14 bits per heavy atom. The highest BCUT2D eigenvalue weighted by atomic mass is 16.3. The largest absolute Gasteiger partial charge is 0.508 e. The summed E-state index contributed by atoms with van der Waals surface area (Å²) >= 11 is 0. The second-order valence-corrected chi connectivity index (χ2v) is 8.25. The van der Waals surface area contributed by atoms with Gasteiger partial charge in [-0.05, 0) is 64.3 Å². The SMILES string of the molecule is CC(C)c1cc2c(cc1O)[C@]1(C)CCCC(C)(C)[C@@H]1C=C2. The first-order valence-electron chi connectivity index (χ1n) is 8.31. The van der Waals surface area contributed by atoms with Crippen LogP contribution in [0.25, 0.3) is 6.08 Å². The zero-order chi connectivity index (χ0) is 15.4. The lowest BCUT2D eigenvalue weighted by molar-refractivity contribution is 0.0908. The molecule has 2 aliphatic carbocycles. The molecule has 0 heterocycles. The van der Waals surface area contributed by atoms with E-state index in [4.69, 9.17) is 0 Å². The molecular formula is C20H28O. The quantitative estimate of drug-likeness (QED) is 0.709. The molecule has 1 aromatic rings. The van der Waals surface area contributed by atoms with Crippen LogP contribution in [0.4, 0.5) is 0 Å². The standard InChI is InChI=1S/C20H28O/c1-13(2)15-11-14-7-8-18-19(3,4)9-6-10-20(18,5)16(14)12-17(15)21/h7-8,11-13,18,21H,6,9-10H2,1-5H3/t18-,20-/m0/s1. The summed E-state index contributed by atoms with van der Waals surface area (Å²) in [5, 5.41) is 10.4. The molecule has 0 aliphatic heterocycles. The molecule has 0 bridgehead atoms. The Bertz CT molecular complexity index is 594. The number of benzene rings is 1. The van der Waals surface area contributed by atoms with Gasteiger partial charge in [0.2, 0.25) is 0 Å². The number of rotatable bonds is 1. The number of phenols is 1. The van der Waals surface area contributed by atoms with E-state index in [9.17, 15) is 5.11 Å². The van der Waals surface area contributed by atoms with E-state index in [2.05, 4.69) is 58.9 Å². The van der Waals surface area contributed by atoms with Crippen molar-refractivity contribution in [3.05, 3.63) is 34.9 Å². The minimum Gasteiger partial charge on any atom is -0.508 e. The van der Waals surface area contributed by atoms with E-state index in [1.54, 1.807) is 0 Å². The molecule has 1 N–H and O–H groups in total. The van der Waals surface area contributed by atoms with Crippen LogP contribution in [-0.2, 0) is 5.41 Å². The maximum atomic E-state index is 10.4. The van der Waals surface area contributed by atoms with E-state index in [0.29, 0.717) is 23.0 Å². The van der Waals surface area contributed by atoms with Crippen LogP contribution >= 0.6 is 0 Å². The van der Waals surface area contributed by atoms with E-state index in [-0.39, 0.29) is 5.41 Å². The van der Waals surface area contributed by atoms with Gasteiger partial charge in [-0.15, -0.1) is 0 Å². The maximum absolute atomic E-state index is 10.4. The molecule has 21 heavy (non-hydrogen) atoms. The first-order valence-corrected chi connectivity index (χ1v) is 8.31. The third-order valence-corrected chi connectivity index (χ3v) is 5.95. The lowest BCUT2D eigenvalue weighted by Gasteiger charge is -2.52. The first kappa shape index (κ1) is 14.7. The van der Waals surface area contributed by atoms with E-state index >= 15 is 0 Å². The summed E-state index contributed by atoms with van der Waals surface area (Å²) in [4.78, 5) is 0. The lowest BCUT2D eigenvalue weighted by atomic mass is 9.52.